The number of rotatable bonds is 4. The fourth-order valence-electron chi connectivity index (χ4n) is 3.35. The minimum absolute atomic E-state index is 0.0357. The predicted molar refractivity (Wildman–Crippen MR) is 104 cm³/mol. The largest absolute Gasteiger partial charge is 0.451 e. The van der Waals surface area contributed by atoms with Gasteiger partial charge in [-0.25, -0.2) is 18.4 Å². The monoisotopic (exact) mass is 405 g/mol. The second kappa shape index (κ2) is 6.79. The fourth-order valence-corrected chi connectivity index (χ4v) is 6.08. The van der Waals surface area contributed by atoms with E-state index in [0.717, 1.165) is 16.5 Å². The number of nitrogens with zero attached hydrogens (tertiary/aromatic N) is 3. The summed E-state index contributed by atoms with van der Waals surface area (Å²) >= 11 is 1.30. The Balaban J connectivity index is 1.57. The lowest BCUT2D eigenvalue weighted by atomic mass is 10.2. The van der Waals surface area contributed by atoms with Crippen molar-refractivity contribution in [3.8, 4) is 0 Å². The Morgan fingerprint density at radius 3 is 2.85 bits per heavy atom. The molecule has 9 heteroatoms. The van der Waals surface area contributed by atoms with Crippen LogP contribution in [-0.2, 0) is 14.6 Å². The van der Waals surface area contributed by atoms with Crippen molar-refractivity contribution in [1.82, 2.24) is 14.9 Å². The number of carbonyl (C=O) groups is 1. The minimum atomic E-state index is -3.04. The maximum Gasteiger partial charge on any atom is 0.235 e. The van der Waals surface area contributed by atoms with Crippen LogP contribution in [0.3, 0.4) is 0 Å². The molecule has 0 bridgehead atoms. The van der Waals surface area contributed by atoms with Gasteiger partial charge in [-0.1, -0.05) is 23.9 Å². The van der Waals surface area contributed by atoms with Crippen LogP contribution in [-0.4, -0.2) is 59.0 Å². The maximum atomic E-state index is 12.8. The summed E-state index contributed by atoms with van der Waals surface area (Å²) in [5.74, 6) is 0.0565. The second-order valence-electron chi connectivity index (χ2n) is 6.72. The Morgan fingerprint density at radius 1 is 1.33 bits per heavy atom. The predicted octanol–water partition coefficient (Wildman–Crippen LogP) is 2.50. The van der Waals surface area contributed by atoms with Crippen molar-refractivity contribution in [3.05, 3.63) is 30.6 Å². The van der Waals surface area contributed by atoms with Crippen LogP contribution in [0.2, 0.25) is 0 Å². The topological polar surface area (TPSA) is 93.4 Å². The van der Waals surface area contributed by atoms with Crippen LogP contribution in [0.1, 0.15) is 13.3 Å². The van der Waals surface area contributed by atoms with Gasteiger partial charge in [0.05, 0.1) is 16.8 Å². The molecule has 1 saturated heterocycles. The zero-order valence-corrected chi connectivity index (χ0v) is 16.6. The lowest BCUT2D eigenvalue weighted by Crippen LogP contribution is -2.41. The molecule has 27 heavy (non-hydrogen) atoms. The fraction of sp³-hybridized carbons (Fsp3) is 0.389. The van der Waals surface area contributed by atoms with Crippen LogP contribution in [0.15, 0.2) is 40.0 Å². The van der Waals surface area contributed by atoms with Crippen molar-refractivity contribution in [2.24, 2.45) is 0 Å². The van der Waals surface area contributed by atoms with E-state index in [9.17, 15) is 13.2 Å². The number of hydrogen-bond acceptors (Lipinski definition) is 7. The minimum Gasteiger partial charge on any atom is -0.451 e. The number of hydrogen-bond donors (Lipinski definition) is 0. The highest BCUT2D eigenvalue weighted by atomic mass is 32.2. The zero-order valence-electron chi connectivity index (χ0n) is 15.0. The Morgan fingerprint density at radius 2 is 2.11 bits per heavy atom. The van der Waals surface area contributed by atoms with Crippen molar-refractivity contribution in [2.75, 3.05) is 18.6 Å². The first kappa shape index (κ1) is 18.2. The summed E-state index contributed by atoms with van der Waals surface area (Å²) in [6.45, 7) is 1.80. The lowest BCUT2D eigenvalue weighted by Gasteiger charge is -2.26. The molecule has 1 aromatic carbocycles. The Bertz CT molecular complexity index is 1130. The Kier molecular flexibility index (Phi) is 4.59. The second-order valence-corrected chi connectivity index (χ2v) is 10.3. The Hall–Kier alpha value is -2.13. The smallest absolute Gasteiger partial charge is 0.235 e. The molecule has 3 heterocycles. The molecule has 2 atom stereocenters. The van der Waals surface area contributed by atoms with Crippen molar-refractivity contribution in [3.63, 3.8) is 0 Å². The first-order valence-electron chi connectivity index (χ1n) is 8.62. The molecule has 1 fully saturated rings. The molecule has 0 N–H and O–H groups in total. The molecule has 1 aliphatic rings. The van der Waals surface area contributed by atoms with Gasteiger partial charge in [0.1, 0.15) is 22.5 Å². The zero-order chi connectivity index (χ0) is 19.2. The summed E-state index contributed by atoms with van der Waals surface area (Å²) in [5, 5.41) is 1.08. The quantitative estimate of drug-likeness (QED) is 0.486. The third-order valence-corrected chi connectivity index (χ3v) is 7.68. The standard InChI is InChI=1S/C18H19N3O4S2/c1-11(18(22)21(2)12-7-8-27(23,24)9-12)26-17-16-15(19-10-20-17)13-5-3-4-6-14(13)25-16/h3-6,10-12H,7-9H2,1-2H3/t11-,12+/m1/s1. The number of amides is 1. The highest BCUT2D eigenvalue weighted by Crippen LogP contribution is 2.34. The molecule has 0 unspecified atom stereocenters. The third kappa shape index (κ3) is 3.41. The first-order valence-corrected chi connectivity index (χ1v) is 11.3. The van der Waals surface area contributed by atoms with Crippen LogP contribution in [0.4, 0.5) is 0 Å². The van der Waals surface area contributed by atoms with Gasteiger partial charge in [-0.15, -0.1) is 0 Å². The molecule has 1 aliphatic heterocycles. The van der Waals surface area contributed by atoms with Crippen LogP contribution in [0, 0.1) is 0 Å². The average Bonchev–Trinajstić information content (AvgIpc) is 3.21. The van der Waals surface area contributed by atoms with Gasteiger partial charge in [0.15, 0.2) is 15.4 Å². The van der Waals surface area contributed by atoms with E-state index in [1.54, 1.807) is 18.9 Å². The van der Waals surface area contributed by atoms with Crippen LogP contribution >= 0.6 is 11.8 Å². The lowest BCUT2D eigenvalue weighted by molar-refractivity contribution is -0.130. The van der Waals surface area contributed by atoms with Crippen LogP contribution in [0.5, 0.6) is 0 Å². The van der Waals surface area contributed by atoms with E-state index in [2.05, 4.69) is 9.97 Å². The molecule has 1 amide bonds. The average molecular weight is 406 g/mol. The molecular weight excluding hydrogens is 386 g/mol. The normalized spacial score (nSPS) is 20.1. The SMILES string of the molecule is C[C@@H](Sc1ncnc2c1oc1ccccc12)C(=O)N(C)[C@H]1CCS(=O)(=O)C1. The van der Waals surface area contributed by atoms with Crippen molar-refractivity contribution in [2.45, 2.75) is 29.7 Å². The molecule has 7 nitrogen and oxygen atoms in total. The van der Waals surface area contributed by atoms with Crippen molar-refractivity contribution >= 4 is 49.6 Å². The molecule has 0 saturated carbocycles. The van der Waals surface area contributed by atoms with E-state index in [1.165, 1.54) is 18.1 Å². The number of sulfone groups is 1. The summed E-state index contributed by atoms with van der Waals surface area (Å²) in [6.07, 6.45) is 1.96. The van der Waals surface area contributed by atoms with Gasteiger partial charge in [0.2, 0.25) is 5.91 Å². The number of aromatic nitrogens is 2. The maximum absolute atomic E-state index is 12.8. The number of carbonyl (C=O) groups excluding carboxylic acids is 1. The first-order chi connectivity index (χ1) is 12.9. The van der Waals surface area contributed by atoms with Gasteiger partial charge in [0, 0.05) is 18.5 Å². The molecule has 142 valence electrons. The van der Waals surface area contributed by atoms with Crippen molar-refractivity contribution in [1.29, 1.82) is 0 Å². The molecule has 3 aromatic rings. The van der Waals surface area contributed by atoms with Crippen LogP contribution < -0.4 is 0 Å². The van der Waals surface area contributed by atoms with Gasteiger partial charge in [-0.3, -0.25) is 4.79 Å². The van der Waals surface area contributed by atoms with Crippen molar-refractivity contribution < 1.29 is 17.6 Å². The number of fused-ring (bicyclic) bond motifs is 3. The van der Waals surface area contributed by atoms with E-state index < -0.39 is 15.1 Å². The van der Waals surface area contributed by atoms with E-state index in [-0.39, 0.29) is 23.5 Å². The highest BCUT2D eigenvalue weighted by molar-refractivity contribution is 8.00. The van der Waals surface area contributed by atoms with Gasteiger partial charge >= 0.3 is 0 Å². The molecule has 2 aromatic heterocycles. The molecule has 0 aliphatic carbocycles. The van der Waals surface area contributed by atoms with E-state index in [0.29, 0.717) is 17.0 Å². The van der Waals surface area contributed by atoms with E-state index in [4.69, 9.17) is 4.42 Å². The van der Waals surface area contributed by atoms with Gasteiger partial charge in [-0.05, 0) is 25.5 Å². The summed E-state index contributed by atoms with van der Waals surface area (Å²) in [6, 6.07) is 7.35. The Labute approximate surface area is 161 Å². The van der Waals surface area contributed by atoms with Gasteiger partial charge in [-0.2, -0.15) is 0 Å². The summed E-state index contributed by atoms with van der Waals surface area (Å²) in [7, 11) is -1.37. The number of thioether (sulfide) groups is 1. The third-order valence-electron chi connectivity index (χ3n) is 4.87. The summed E-state index contributed by atoms with van der Waals surface area (Å²) in [4.78, 5) is 23.0. The van der Waals surface area contributed by atoms with E-state index >= 15 is 0 Å². The molecular formula is C18H19N3O4S2. The number of furan rings is 1. The van der Waals surface area contributed by atoms with Gasteiger partial charge < -0.3 is 9.32 Å². The summed E-state index contributed by atoms with van der Waals surface area (Å²) in [5.41, 5.74) is 2.01. The van der Waals surface area contributed by atoms with Crippen LogP contribution in [0.25, 0.3) is 22.1 Å². The molecule has 4 rings (SSSR count). The molecule has 0 radical (unpaired) electrons. The van der Waals surface area contributed by atoms with Gasteiger partial charge in [0.25, 0.3) is 0 Å². The highest BCUT2D eigenvalue weighted by Gasteiger charge is 2.34. The van der Waals surface area contributed by atoms with E-state index in [1.807, 2.05) is 24.3 Å². The number of benzene rings is 1. The number of para-hydroxylation sites is 1. The summed E-state index contributed by atoms with van der Waals surface area (Å²) < 4.78 is 29.3. The molecule has 0 spiro atoms.